The van der Waals surface area contributed by atoms with Crippen LogP contribution in [0.5, 0.6) is 0 Å². The largest absolute Gasteiger partial charge is 0.341 e. The van der Waals surface area contributed by atoms with Crippen LogP contribution >= 0.6 is 11.6 Å². The van der Waals surface area contributed by atoms with Crippen LogP contribution in [0.25, 0.3) is 0 Å². The van der Waals surface area contributed by atoms with Crippen LogP contribution < -0.4 is 10.2 Å². The molecule has 1 aliphatic heterocycles. The fourth-order valence-electron chi connectivity index (χ4n) is 2.87. The third kappa shape index (κ3) is 2.92. The van der Waals surface area contributed by atoms with Crippen molar-refractivity contribution in [3.8, 4) is 0 Å². The summed E-state index contributed by atoms with van der Waals surface area (Å²) in [6.07, 6.45) is 1.10. The molecule has 3 heteroatoms. The topological polar surface area (TPSA) is 15.3 Å². The number of fused-ring (bicyclic) bond motifs is 1. The van der Waals surface area contributed by atoms with E-state index < -0.39 is 0 Å². The first-order valence-corrected chi connectivity index (χ1v) is 7.91. The molecule has 0 atom stereocenters. The highest BCUT2D eigenvalue weighted by Crippen LogP contribution is 2.38. The molecule has 1 N–H and O–H groups in total. The van der Waals surface area contributed by atoms with E-state index in [1.54, 1.807) is 0 Å². The molecule has 110 valence electrons. The van der Waals surface area contributed by atoms with Crippen molar-refractivity contribution >= 4 is 23.0 Å². The first kappa shape index (κ1) is 14.4. The number of hydrogen-bond acceptors (Lipinski definition) is 2. The first-order chi connectivity index (χ1) is 10.2. The summed E-state index contributed by atoms with van der Waals surface area (Å²) >= 11 is 6.45. The summed E-state index contributed by atoms with van der Waals surface area (Å²) in [7, 11) is 0. The molecule has 2 nitrogen and oxygen atoms in total. The summed E-state index contributed by atoms with van der Waals surface area (Å²) in [5.74, 6) is 0. The van der Waals surface area contributed by atoms with E-state index in [0.717, 1.165) is 24.5 Å². The number of nitrogens with one attached hydrogen (secondary N) is 1. The van der Waals surface area contributed by atoms with E-state index in [4.69, 9.17) is 11.6 Å². The predicted molar refractivity (Wildman–Crippen MR) is 90.6 cm³/mol. The minimum absolute atomic E-state index is 0.444. The van der Waals surface area contributed by atoms with E-state index in [0.29, 0.717) is 6.04 Å². The molecule has 0 radical (unpaired) electrons. The van der Waals surface area contributed by atoms with E-state index in [1.807, 2.05) is 12.1 Å². The van der Waals surface area contributed by atoms with Crippen LogP contribution in [-0.2, 0) is 13.0 Å². The van der Waals surface area contributed by atoms with E-state index in [9.17, 15) is 0 Å². The van der Waals surface area contributed by atoms with Gasteiger partial charge < -0.3 is 10.2 Å². The summed E-state index contributed by atoms with van der Waals surface area (Å²) < 4.78 is 0. The van der Waals surface area contributed by atoms with Crippen LogP contribution in [0.2, 0.25) is 5.02 Å². The van der Waals surface area contributed by atoms with Gasteiger partial charge in [0.15, 0.2) is 0 Å². The number of rotatable bonds is 4. The first-order valence-electron chi connectivity index (χ1n) is 7.53. The summed E-state index contributed by atoms with van der Waals surface area (Å²) in [4.78, 5) is 2.39. The lowest BCUT2D eigenvalue weighted by molar-refractivity contribution is 0.589. The van der Waals surface area contributed by atoms with Crippen molar-refractivity contribution in [3.05, 3.63) is 58.6 Å². The van der Waals surface area contributed by atoms with E-state index in [1.165, 1.54) is 22.5 Å². The number of hydrogen-bond donors (Lipinski definition) is 1. The van der Waals surface area contributed by atoms with E-state index in [2.05, 4.69) is 54.4 Å². The molecular weight excluding hydrogens is 280 g/mol. The number of halogens is 1. The average molecular weight is 301 g/mol. The lowest BCUT2D eigenvalue weighted by Crippen LogP contribution is -2.24. The van der Waals surface area contributed by atoms with Gasteiger partial charge in [0.05, 0.1) is 0 Å². The van der Waals surface area contributed by atoms with Gasteiger partial charge in [0.1, 0.15) is 0 Å². The molecule has 3 rings (SSSR count). The van der Waals surface area contributed by atoms with Crippen molar-refractivity contribution in [2.45, 2.75) is 32.9 Å². The van der Waals surface area contributed by atoms with E-state index >= 15 is 0 Å². The smallest absolute Gasteiger partial charge is 0.0471 e. The number of benzene rings is 2. The lowest BCUT2D eigenvalue weighted by atomic mass is 10.1. The minimum Gasteiger partial charge on any atom is -0.341 e. The molecule has 0 bridgehead atoms. The molecule has 21 heavy (non-hydrogen) atoms. The maximum atomic E-state index is 6.45. The fourth-order valence-corrected chi connectivity index (χ4v) is 3.11. The summed E-state index contributed by atoms with van der Waals surface area (Å²) in [6, 6.07) is 15.3. The van der Waals surface area contributed by atoms with E-state index in [-0.39, 0.29) is 0 Å². The van der Waals surface area contributed by atoms with Gasteiger partial charge in [-0.15, -0.1) is 0 Å². The van der Waals surface area contributed by atoms with Gasteiger partial charge in [-0.3, -0.25) is 0 Å². The molecule has 0 aromatic heterocycles. The highest BCUT2D eigenvalue weighted by atomic mass is 35.5. The monoisotopic (exact) mass is 300 g/mol. The van der Waals surface area contributed by atoms with Gasteiger partial charge in [-0.05, 0) is 30.2 Å². The van der Waals surface area contributed by atoms with Gasteiger partial charge >= 0.3 is 0 Å². The Morgan fingerprint density at radius 1 is 1.10 bits per heavy atom. The second-order valence-electron chi connectivity index (χ2n) is 5.80. The molecule has 0 spiro atoms. The van der Waals surface area contributed by atoms with Crippen LogP contribution in [-0.4, -0.2) is 12.6 Å². The van der Waals surface area contributed by atoms with Crippen LogP contribution in [0.1, 0.15) is 25.0 Å². The van der Waals surface area contributed by atoms with Crippen LogP contribution in [0.3, 0.4) is 0 Å². The molecule has 0 aliphatic carbocycles. The molecule has 2 aromatic carbocycles. The molecule has 2 aromatic rings. The van der Waals surface area contributed by atoms with Crippen molar-refractivity contribution in [3.63, 3.8) is 0 Å². The zero-order valence-electron chi connectivity index (χ0n) is 12.6. The fraction of sp³-hybridized carbons (Fsp3) is 0.333. The number of para-hydroxylation sites is 1. The third-order valence-corrected chi connectivity index (χ3v) is 4.31. The summed E-state index contributed by atoms with van der Waals surface area (Å²) in [5, 5.41) is 4.32. The van der Waals surface area contributed by atoms with Crippen LogP contribution in [0, 0.1) is 0 Å². The Balaban J connectivity index is 1.98. The Bertz CT molecular complexity index is 637. The predicted octanol–water partition coefficient (Wildman–Crippen LogP) is 4.53. The van der Waals surface area contributed by atoms with Gasteiger partial charge in [-0.25, -0.2) is 0 Å². The Morgan fingerprint density at radius 2 is 1.86 bits per heavy atom. The molecule has 0 unspecified atom stereocenters. The second kappa shape index (κ2) is 6.08. The summed E-state index contributed by atoms with van der Waals surface area (Å²) in [5.41, 5.74) is 5.14. The normalized spacial score (nSPS) is 13.8. The molecule has 1 aliphatic rings. The van der Waals surface area contributed by atoms with Crippen LogP contribution in [0.4, 0.5) is 11.4 Å². The Hall–Kier alpha value is -1.51. The Morgan fingerprint density at radius 3 is 2.67 bits per heavy atom. The van der Waals surface area contributed by atoms with Crippen LogP contribution in [0.15, 0.2) is 42.5 Å². The van der Waals surface area contributed by atoms with Gasteiger partial charge in [-0.2, -0.15) is 0 Å². The zero-order valence-corrected chi connectivity index (χ0v) is 13.3. The highest BCUT2D eigenvalue weighted by molar-refractivity contribution is 6.31. The quantitative estimate of drug-likeness (QED) is 0.892. The summed E-state index contributed by atoms with van der Waals surface area (Å²) in [6.45, 7) is 6.13. The molecular formula is C18H21ClN2. The van der Waals surface area contributed by atoms with Crippen molar-refractivity contribution in [1.82, 2.24) is 5.32 Å². The highest BCUT2D eigenvalue weighted by Gasteiger charge is 2.22. The second-order valence-corrected chi connectivity index (χ2v) is 6.21. The number of anilines is 2. The van der Waals surface area contributed by atoms with Crippen molar-refractivity contribution in [2.24, 2.45) is 0 Å². The maximum absolute atomic E-state index is 6.45. The van der Waals surface area contributed by atoms with Gasteiger partial charge in [0, 0.05) is 41.1 Å². The molecule has 0 saturated heterocycles. The van der Waals surface area contributed by atoms with Crippen molar-refractivity contribution in [2.75, 3.05) is 11.4 Å². The molecule has 0 amide bonds. The van der Waals surface area contributed by atoms with Gasteiger partial charge in [-0.1, -0.05) is 49.7 Å². The van der Waals surface area contributed by atoms with Crippen molar-refractivity contribution < 1.29 is 0 Å². The van der Waals surface area contributed by atoms with Gasteiger partial charge in [0.25, 0.3) is 0 Å². The maximum Gasteiger partial charge on any atom is 0.0471 e. The molecule has 0 saturated carbocycles. The third-order valence-electron chi connectivity index (χ3n) is 3.96. The number of nitrogens with zero attached hydrogens (tertiary/aromatic N) is 1. The molecule has 1 heterocycles. The zero-order chi connectivity index (χ0) is 14.8. The Kier molecular flexibility index (Phi) is 4.18. The average Bonchev–Trinajstić information content (AvgIpc) is 2.89. The SMILES string of the molecule is CC(C)NCc1c(Cl)cccc1N1CCc2ccccc21. The van der Waals surface area contributed by atoms with Crippen molar-refractivity contribution in [1.29, 1.82) is 0 Å². The Labute approximate surface area is 131 Å². The lowest BCUT2D eigenvalue weighted by Gasteiger charge is -2.24. The minimum atomic E-state index is 0.444. The standard InChI is InChI=1S/C18H21ClN2/c1-13(2)20-12-15-16(19)7-5-9-18(15)21-11-10-14-6-3-4-8-17(14)21/h3-9,13,20H,10-12H2,1-2H3. The van der Waals surface area contributed by atoms with Gasteiger partial charge in [0.2, 0.25) is 0 Å². The molecule has 0 fully saturated rings.